The molecule has 0 spiro atoms. The van der Waals surface area contributed by atoms with E-state index in [0.717, 1.165) is 53.2 Å². The van der Waals surface area contributed by atoms with Crippen LogP contribution in [0.15, 0.2) is 206 Å². The molecule has 6 aliphatic rings. The predicted octanol–water partition coefficient (Wildman–Crippen LogP) is 15.1. The molecule has 0 bridgehead atoms. The lowest BCUT2D eigenvalue weighted by atomic mass is 10.1. The molecule has 0 atom stereocenters. The zero-order chi connectivity index (χ0) is 97.1. The molecule has 6 aliphatic heterocycles. The third-order valence-corrected chi connectivity index (χ3v) is 23.5. The van der Waals surface area contributed by atoms with Crippen LogP contribution in [0, 0.1) is 77.5 Å². The number of hydrogen-bond donors (Lipinski definition) is 0. The van der Waals surface area contributed by atoms with Crippen molar-refractivity contribution >= 4 is 99.3 Å². The first kappa shape index (κ1) is 96.6. The maximum atomic E-state index is 12.9. The standard InChI is InChI=1S/C21H14ClF3N4O.C21H14ClN5O.C20H16ClN5O.C19H13Cl2N5O.C19H19ClN4O3/c22-17-6-1-3-14(11-17)7-8-18-26-27-19-13-28(9-10-29(18)19)20(30)15-4-2-5-16(12-15)21(23,24)25;22-18-6-2-5-17(12-18)21(28)26-9-10-27-19(24-25-20(27)14-26)8-7-15-3-1-4-16(11-15)13-23;1-14-4-2-7-17(22-14)8-9-18-23-24-19-13-25(10-11-26(18)19)20(27)15-5-3-6-16(21)12-15;20-14-3-1-2-13(10-14)19(27)25-8-9-26-17(23-24-18(26)12-25)5-4-16-11-15(21)6-7-22-16;20-15-3-1-2-14(12-15)4-5-17-21-22-18-13-23(8-9-24(17)18)19(25)27-16-6-10-26-11-7-16/h1-6,11-12H,9-10,13H2;1-6,11-12H,9-10,14H2;2-7,12H,10-11,13H2,1H3;1-3,6-7,10-11H,8-9,12H2;1-3,12,16H,6-11,13H2. The summed E-state index contributed by atoms with van der Waals surface area (Å²) >= 11 is 35.8. The summed E-state index contributed by atoms with van der Waals surface area (Å²) in [7, 11) is 0. The minimum atomic E-state index is -4.51. The Bertz CT molecular complexity index is 7240. The summed E-state index contributed by atoms with van der Waals surface area (Å²) in [5.74, 6) is 35.4. The molecule has 20 rings (SSSR count). The van der Waals surface area contributed by atoms with Crippen molar-refractivity contribution in [3.05, 3.63) is 362 Å². The number of amides is 5. The van der Waals surface area contributed by atoms with E-state index >= 15 is 0 Å². The highest BCUT2D eigenvalue weighted by Gasteiger charge is 2.35. The Hall–Kier alpha value is -15.5. The van der Waals surface area contributed by atoms with Crippen LogP contribution < -0.4 is 0 Å². The van der Waals surface area contributed by atoms with Gasteiger partial charge in [-0.3, -0.25) is 24.1 Å². The molecule has 5 amide bonds. The van der Waals surface area contributed by atoms with Crippen LogP contribution in [0.1, 0.15) is 157 Å². The van der Waals surface area contributed by atoms with Gasteiger partial charge in [-0.25, -0.2) is 14.8 Å². The molecule has 0 unspecified atom stereocenters. The van der Waals surface area contributed by atoms with Crippen molar-refractivity contribution in [1.82, 2.24) is 108 Å². The van der Waals surface area contributed by atoms with Crippen molar-refractivity contribution in [3.8, 4) is 65.3 Å². The number of nitrogens with zero attached hydrogens (tertiary/aromatic N) is 23. The second-order valence-corrected chi connectivity index (χ2v) is 34.2. The molecule has 7 aromatic carbocycles. The van der Waals surface area contributed by atoms with Crippen LogP contribution in [-0.4, -0.2) is 190 Å². The normalized spacial score (nSPS) is 13.7. The summed E-state index contributed by atoms with van der Waals surface area (Å²) in [4.78, 5) is 80.0. The third kappa shape index (κ3) is 25.2. The summed E-state index contributed by atoms with van der Waals surface area (Å²) in [5, 5.41) is 53.9. The van der Waals surface area contributed by atoms with Gasteiger partial charge in [-0.2, -0.15) is 18.4 Å². The lowest BCUT2D eigenvalue weighted by Gasteiger charge is -2.29. The molecular formula is C100H76Cl6F3N23O7. The molecule has 696 valence electrons. The van der Waals surface area contributed by atoms with E-state index in [4.69, 9.17) is 84.3 Å². The predicted molar refractivity (Wildman–Crippen MR) is 508 cm³/mol. The maximum absolute atomic E-state index is 12.9. The summed E-state index contributed by atoms with van der Waals surface area (Å²) in [6, 6.07) is 57.9. The largest absolute Gasteiger partial charge is 0.446 e. The number of aromatic nitrogens is 17. The number of alkyl halides is 3. The number of carbonyl (C=O) groups excluding carboxylic acids is 5. The zero-order valence-electron chi connectivity index (χ0n) is 73.7. The summed E-state index contributed by atoms with van der Waals surface area (Å²) in [6.45, 7) is 10.1. The van der Waals surface area contributed by atoms with E-state index in [1.165, 1.54) is 17.0 Å². The number of benzene rings is 7. The second kappa shape index (κ2) is 45.0. The van der Waals surface area contributed by atoms with Gasteiger partial charge in [-0.05, 0) is 200 Å². The van der Waals surface area contributed by atoms with Gasteiger partial charge in [0.15, 0.2) is 29.1 Å². The fourth-order valence-corrected chi connectivity index (χ4v) is 16.2. The van der Waals surface area contributed by atoms with Crippen LogP contribution in [0.4, 0.5) is 18.0 Å². The summed E-state index contributed by atoms with van der Waals surface area (Å²) in [6.07, 6.45) is -1.77. The fourth-order valence-electron chi connectivity index (χ4n) is 15.0. The first-order valence-electron chi connectivity index (χ1n) is 43.3. The van der Waals surface area contributed by atoms with Crippen LogP contribution in [0.2, 0.25) is 30.1 Å². The highest BCUT2D eigenvalue weighted by Crippen LogP contribution is 2.32. The van der Waals surface area contributed by atoms with Crippen molar-refractivity contribution < 1.29 is 46.6 Å². The van der Waals surface area contributed by atoms with Gasteiger partial charge in [0.2, 0.25) is 29.1 Å². The molecule has 30 nitrogen and oxygen atoms in total. The van der Waals surface area contributed by atoms with Crippen LogP contribution >= 0.6 is 69.6 Å². The van der Waals surface area contributed by atoms with E-state index in [0.29, 0.717) is 221 Å². The van der Waals surface area contributed by atoms with Gasteiger partial charge in [-0.15, -0.1) is 51.0 Å². The van der Waals surface area contributed by atoms with Gasteiger partial charge >= 0.3 is 12.3 Å². The van der Waals surface area contributed by atoms with Gasteiger partial charge < -0.3 is 51.9 Å². The van der Waals surface area contributed by atoms with Crippen LogP contribution in [-0.2, 0) is 81.1 Å². The van der Waals surface area contributed by atoms with E-state index < -0.39 is 17.6 Å². The van der Waals surface area contributed by atoms with E-state index in [-0.39, 0.29) is 42.0 Å². The Balaban J connectivity index is 0.000000126. The average molecular weight is 1980 g/mol. The van der Waals surface area contributed by atoms with Crippen molar-refractivity contribution in [2.24, 2.45) is 0 Å². The number of nitriles is 1. The lowest BCUT2D eigenvalue weighted by Crippen LogP contribution is -2.41. The number of ether oxygens (including phenoxy) is 2. The monoisotopic (exact) mass is 1980 g/mol. The highest BCUT2D eigenvalue weighted by atomic mass is 35.5. The second-order valence-electron chi connectivity index (χ2n) is 31.6. The number of halogens is 9. The SMILES string of the molecule is Cc1cccc(C#Cc2nnc3n2CCN(C(=O)c2cccc(Cl)c2)C3)n1.N#Cc1cccc(C#Cc2nnc3n2CCN(C(=O)c2cccc(Cl)c2)C3)c1.O=C(OC1CCOCC1)N1CCn2c(C#Cc3cccc(Cl)c3)nnc2C1.O=C(c1cccc(C(F)(F)F)c1)N1CCn2c(C#Cc3cccc(Cl)c3)nnc2C1.O=C(c1cccc(Cl)c1)N1CCn2c(C#Cc3cc(Cl)ccn3)nnc2C1. The summed E-state index contributed by atoms with van der Waals surface area (Å²) in [5.41, 5.74) is 5.84. The molecule has 0 aliphatic carbocycles. The number of pyridine rings is 2. The van der Waals surface area contributed by atoms with Crippen molar-refractivity contribution in [3.63, 3.8) is 0 Å². The third-order valence-electron chi connectivity index (χ3n) is 22.1. The molecule has 139 heavy (non-hydrogen) atoms. The smallest absolute Gasteiger partial charge is 0.416 e. The Kier molecular flexibility index (Phi) is 31.2. The zero-order valence-corrected chi connectivity index (χ0v) is 78.2. The van der Waals surface area contributed by atoms with Crippen LogP contribution in [0.25, 0.3) is 0 Å². The number of fused-ring (bicyclic) bond motifs is 5. The molecule has 7 aromatic heterocycles. The first-order valence-corrected chi connectivity index (χ1v) is 45.5. The van der Waals surface area contributed by atoms with E-state index in [1.54, 1.807) is 164 Å². The summed E-state index contributed by atoms with van der Waals surface area (Å²) < 4.78 is 59.2. The fraction of sp³-hybridized carbons (Fsp3) is 0.220. The van der Waals surface area contributed by atoms with E-state index in [1.807, 2.05) is 67.7 Å². The average Bonchev–Trinajstić information content (AvgIpc) is 1.76. The number of hydrogen-bond acceptors (Lipinski definition) is 20. The van der Waals surface area contributed by atoms with Gasteiger partial charge in [0.1, 0.15) is 17.5 Å². The Morgan fingerprint density at radius 1 is 0.360 bits per heavy atom. The van der Waals surface area contributed by atoms with Crippen LogP contribution in [0.3, 0.4) is 0 Å². The minimum Gasteiger partial charge on any atom is -0.446 e. The molecule has 0 N–H and O–H groups in total. The minimum absolute atomic E-state index is 0.0150. The topological polar surface area (TPSA) is 323 Å². The highest BCUT2D eigenvalue weighted by molar-refractivity contribution is 6.32. The van der Waals surface area contributed by atoms with Crippen LogP contribution in [0.5, 0.6) is 0 Å². The number of carbonyl (C=O) groups is 5. The van der Waals surface area contributed by atoms with E-state index in [2.05, 4.69) is 126 Å². The maximum Gasteiger partial charge on any atom is 0.416 e. The van der Waals surface area contributed by atoms with Gasteiger partial charge in [-0.1, -0.05) is 136 Å². The first-order chi connectivity index (χ1) is 67.3. The van der Waals surface area contributed by atoms with E-state index in [9.17, 15) is 37.1 Å². The molecule has 0 radical (unpaired) electrons. The molecule has 1 saturated heterocycles. The molecule has 0 saturated carbocycles. The number of rotatable bonds is 5. The van der Waals surface area contributed by atoms with Crippen molar-refractivity contribution in [1.29, 1.82) is 5.26 Å². The van der Waals surface area contributed by atoms with Gasteiger partial charge in [0, 0.05) is 159 Å². The Labute approximate surface area is 824 Å². The molecule has 39 heteroatoms. The molecule has 1 fully saturated rings. The quantitative estimate of drug-likeness (QED) is 0.144. The van der Waals surface area contributed by atoms with Crippen molar-refractivity contribution in [2.45, 2.75) is 97.5 Å². The molecule has 13 heterocycles. The van der Waals surface area contributed by atoms with Crippen molar-refractivity contribution in [2.75, 3.05) is 45.9 Å². The molecule has 14 aromatic rings. The van der Waals surface area contributed by atoms with Gasteiger partial charge in [0.25, 0.3) is 23.6 Å². The Morgan fingerprint density at radius 2 is 0.691 bits per heavy atom. The Morgan fingerprint density at radius 3 is 1.07 bits per heavy atom. The number of aryl methyl sites for hydroxylation is 1. The lowest BCUT2D eigenvalue weighted by molar-refractivity contribution is -0.137. The van der Waals surface area contributed by atoms with Gasteiger partial charge in [0.05, 0.1) is 63.1 Å². The molecular weight excluding hydrogens is 1900 g/mol.